The quantitative estimate of drug-likeness (QED) is 0.406. The van der Waals surface area contributed by atoms with Crippen LogP contribution < -0.4 is 5.73 Å². The molecule has 0 aliphatic rings. The predicted octanol–water partition coefficient (Wildman–Crippen LogP) is 3.35. The maximum atomic E-state index is 15.0. The number of aromatic nitrogens is 1. The van der Waals surface area contributed by atoms with Gasteiger partial charge in [0.1, 0.15) is 18.1 Å². The van der Waals surface area contributed by atoms with Crippen molar-refractivity contribution in [3.63, 3.8) is 0 Å². The Morgan fingerprint density at radius 3 is 2.54 bits per heavy atom. The number of pyridine rings is 1. The number of hydrogen-bond acceptors (Lipinski definition) is 3. The molecule has 0 aliphatic heterocycles. The summed E-state index contributed by atoms with van der Waals surface area (Å²) in [5.74, 6) is -0.276. The standard InChI is InChI=1S/C22H23FN4O/c1-22(18-8-4-3-5-9-18,26-21(24)27(2)15-28)19-13-16(10-11-20(19)23)17-7-6-12-25-14-17/h3-14,28H,15H2,1-2H3,(H2,24,26). The molecular weight excluding hydrogens is 355 g/mol. The maximum Gasteiger partial charge on any atom is 0.194 e. The zero-order valence-electron chi connectivity index (χ0n) is 15.9. The summed E-state index contributed by atoms with van der Waals surface area (Å²) in [6.07, 6.45) is 3.42. The van der Waals surface area contributed by atoms with Gasteiger partial charge in [-0.1, -0.05) is 42.5 Å². The Morgan fingerprint density at radius 1 is 1.14 bits per heavy atom. The molecular formula is C22H23FN4O. The molecule has 3 N–H and O–H groups in total. The van der Waals surface area contributed by atoms with Crippen molar-refractivity contribution < 1.29 is 9.50 Å². The number of aliphatic hydroxyl groups excluding tert-OH is 1. The van der Waals surface area contributed by atoms with Crippen LogP contribution in [-0.4, -0.2) is 34.7 Å². The summed E-state index contributed by atoms with van der Waals surface area (Å²) in [7, 11) is 1.62. The highest BCUT2D eigenvalue weighted by Gasteiger charge is 2.32. The van der Waals surface area contributed by atoms with Crippen molar-refractivity contribution in [3.05, 3.63) is 90.0 Å². The van der Waals surface area contributed by atoms with Crippen molar-refractivity contribution in [2.24, 2.45) is 10.7 Å². The Balaban J connectivity index is 2.21. The minimum atomic E-state index is -1.09. The van der Waals surface area contributed by atoms with Crippen LogP contribution in [0.2, 0.25) is 0 Å². The second-order valence-corrected chi connectivity index (χ2v) is 6.68. The first-order valence-electron chi connectivity index (χ1n) is 8.89. The Kier molecular flexibility index (Phi) is 5.70. The van der Waals surface area contributed by atoms with Gasteiger partial charge in [-0.15, -0.1) is 0 Å². The summed E-state index contributed by atoms with van der Waals surface area (Å²) in [6, 6.07) is 18.1. The van der Waals surface area contributed by atoms with Crippen LogP contribution in [-0.2, 0) is 5.54 Å². The van der Waals surface area contributed by atoms with Gasteiger partial charge in [0.25, 0.3) is 0 Å². The Morgan fingerprint density at radius 2 is 1.89 bits per heavy atom. The number of aliphatic hydroxyl groups is 1. The summed E-state index contributed by atoms with van der Waals surface area (Å²) in [5.41, 5.74) is 7.86. The van der Waals surface area contributed by atoms with Crippen LogP contribution in [0.5, 0.6) is 0 Å². The maximum absolute atomic E-state index is 15.0. The van der Waals surface area contributed by atoms with Gasteiger partial charge in [-0.25, -0.2) is 9.38 Å². The summed E-state index contributed by atoms with van der Waals surface area (Å²) in [4.78, 5) is 10.2. The number of benzene rings is 2. The van der Waals surface area contributed by atoms with Crippen LogP contribution in [0, 0.1) is 5.82 Å². The number of halogens is 1. The highest BCUT2D eigenvalue weighted by Crippen LogP contribution is 2.37. The van der Waals surface area contributed by atoms with E-state index < -0.39 is 5.54 Å². The van der Waals surface area contributed by atoms with Gasteiger partial charge in [-0.2, -0.15) is 0 Å². The lowest BCUT2D eigenvalue weighted by atomic mass is 9.83. The van der Waals surface area contributed by atoms with Gasteiger partial charge in [0.15, 0.2) is 5.96 Å². The zero-order chi connectivity index (χ0) is 20.1. The van der Waals surface area contributed by atoms with E-state index in [0.29, 0.717) is 5.56 Å². The highest BCUT2D eigenvalue weighted by atomic mass is 19.1. The van der Waals surface area contributed by atoms with Gasteiger partial charge in [0.2, 0.25) is 0 Å². The van der Waals surface area contributed by atoms with Crippen LogP contribution in [0.25, 0.3) is 11.1 Å². The van der Waals surface area contributed by atoms with Gasteiger partial charge < -0.3 is 15.7 Å². The molecule has 3 aromatic rings. The summed E-state index contributed by atoms with van der Waals surface area (Å²) >= 11 is 0. The molecule has 3 rings (SSSR count). The van der Waals surface area contributed by atoms with Crippen LogP contribution in [0.1, 0.15) is 18.1 Å². The smallest absolute Gasteiger partial charge is 0.194 e. The minimum Gasteiger partial charge on any atom is -0.376 e. The molecule has 1 heterocycles. The van der Waals surface area contributed by atoms with Gasteiger partial charge >= 0.3 is 0 Å². The first-order valence-corrected chi connectivity index (χ1v) is 8.89. The molecule has 144 valence electrons. The molecule has 0 radical (unpaired) electrons. The van der Waals surface area contributed by atoms with E-state index in [1.165, 1.54) is 11.0 Å². The average Bonchev–Trinajstić information content (AvgIpc) is 2.74. The molecule has 1 unspecified atom stereocenters. The van der Waals surface area contributed by atoms with Crippen LogP contribution in [0.3, 0.4) is 0 Å². The van der Waals surface area contributed by atoms with E-state index in [1.807, 2.05) is 49.4 Å². The van der Waals surface area contributed by atoms with Crippen molar-refractivity contribution in [1.29, 1.82) is 0 Å². The summed E-state index contributed by atoms with van der Waals surface area (Å²) in [5, 5.41) is 9.37. The van der Waals surface area contributed by atoms with E-state index in [2.05, 4.69) is 9.98 Å². The van der Waals surface area contributed by atoms with E-state index in [9.17, 15) is 5.11 Å². The number of hydrogen-bond donors (Lipinski definition) is 2. The normalized spacial score (nSPS) is 13.8. The molecule has 2 aromatic carbocycles. The number of nitrogens with zero attached hydrogens (tertiary/aromatic N) is 3. The Bertz CT molecular complexity index is 963. The lowest BCUT2D eigenvalue weighted by Crippen LogP contribution is -2.38. The third kappa shape index (κ3) is 3.87. The van der Waals surface area contributed by atoms with Crippen LogP contribution in [0.4, 0.5) is 4.39 Å². The molecule has 1 atom stereocenters. The largest absolute Gasteiger partial charge is 0.376 e. The molecule has 5 nitrogen and oxygen atoms in total. The zero-order valence-corrected chi connectivity index (χ0v) is 15.9. The average molecular weight is 378 g/mol. The Labute approximate surface area is 164 Å². The molecule has 6 heteroatoms. The summed E-state index contributed by atoms with van der Waals surface area (Å²) < 4.78 is 15.0. The topological polar surface area (TPSA) is 74.7 Å². The molecule has 28 heavy (non-hydrogen) atoms. The lowest BCUT2D eigenvalue weighted by molar-refractivity contribution is 0.189. The molecule has 0 amide bonds. The molecule has 0 fully saturated rings. The van der Waals surface area contributed by atoms with E-state index >= 15 is 4.39 Å². The third-order valence-corrected chi connectivity index (χ3v) is 4.76. The summed E-state index contributed by atoms with van der Waals surface area (Å²) in [6.45, 7) is 1.52. The molecule has 0 saturated heterocycles. The van der Waals surface area contributed by atoms with Crippen molar-refractivity contribution in [2.75, 3.05) is 13.8 Å². The predicted molar refractivity (Wildman–Crippen MR) is 109 cm³/mol. The van der Waals surface area contributed by atoms with Crippen LogP contribution in [0.15, 0.2) is 78.0 Å². The first-order chi connectivity index (χ1) is 13.5. The van der Waals surface area contributed by atoms with E-state index in [-0.39, 0.29) is 18.5 Å². The van der Waals surface area contributed by atoms with E-state index in [0.717, 1.165) is 16.7 Å². The minimum absolute atomic E-state index is 0.111. The number of guanidine groups is 1. The molecule has 0 aliphatic carbocycles. The monoisotopic (exact) mass is 378 g/mol. The molecule has 0 spiro atoms. The van der Waals surface area contributed by atoms with Crippen molar-refractivity contribution in [1.82, 2.24) is 9.88 Å². The second-order valence-electron chi connectivity index (χ2n) is 6.68. The first kappa shape index (κ1) is 19.5. The fourth-order valence-electron chi connectivity index (χ4n) is 3.04. The van der Waals surface area contributed by atoms with Crippen molar-refractivity contribution in [2.45, 2.75) is 12.5 Å². The van der Waals surface area contributed by atoms with Gasteiger partial charge in [-0.05, 0) is 36.2 Å². The van der Waals surface area contributed by atoms with E-state index in [4.69, 9.17) is 5.73 Å². The molecule has 0 saturated carbocycles. The van der Waals surface area contributed by atoms with Gasteiger partial charge in [0.05, 0.1) is 0 Å². The van der Waals surface area contributed by atoms with Gasteiger partial charge in [-0.3, -0.25) is 4.98 Å². The van der Waals surface area contributed by atoms with Crippen molar-refractivity contribution >= 4 is 5.96 Å². The number of aliphatic imine (C=N–C) groups is 1. The fourth-order valence-corrected chi connectivity index (χ4v) is 3.04. The Hall–Kier alpha value is -3.25. The third-order valence-electron chi connectivity index (χ3n) is 4.76. The SMILES string of the molecule is CN(CO)C(N)=NC(C)(c1ccccc1)c1cc(-c2cccnc2)ccc1F. The molecule has 0 bridgehead atoms. The van der Waals surface area contributed by atoms with Crippen molar-refractivity contribution in [3.8, 4) is 11.1 Å². The number of nitrogens with two attached hydrogens (primary N) is 1. The number of rotatable bonds is 5. The highest BCUT2D eigenvalue weighted by molar-refractivity contribution is 5.79. The van der Waals surface area contributed by atoms with Crippen LogP contribution >= 0.6 is 0 Å². The lowest BCUT2D eigenvalue weighted by Gasteiger charge is -2.29. The second kappa shape index (κ2) is 8.19. The molecule has 1 aromatic heterocycles. The van der Waals surface area contributed by atoms with E-state index in [1.54, 1.807) is 31.6 Å². The van der Waals surface area contributed by atoms with Gasteiger partial charge in [0, 0.05) is 30.6 Å². The fraction of sp³-hybridized carbons (Fsp3) is 0.182.